The van der Waals surface area contributed by atoms with Gasteiger partial charge in [0.1, 0.15) is 0 Å². The Labute approximate surface area is 103 Å². The van der Waals surface area contributed by atoms with Crippen molar-refractivity contribution in [2.24, 2.45) is 5.73 Å². The molecule has 94 valence electrons. The Bertz CT molecular complexity index is 322. The molecule has 1 rings (SSSR count). The third-order valence-electron chi connectivity index (χ3n) is 2.56. The van der Waals surface area contributed by atoms with Gasteiger partial charge < -0.3 is 5.73 Å². The number of thiocarbonyl (C=S) groups is 1. The smallest absolute Gasteiger partial charge is 0.279 e. The van der Waals surface area contributed by atoms with Crippen molar-refractivity contribution in [3.63, 3.8) is 0 Å². The van der Waals surface area contributed by atoms with Crippen LogP contribution in [0.15, 0.2) is 0 Å². The van der Waals surface area contributed by atoms with Crippen LogP contribution in [0.1, 0.15) is 32.1 Å². The van der Waals surface area contributed by atoms with E-state index in [1.54, 1.807) is 0 Å². The maximum absolute atomic E-state index is 11.9. The Kier molecular flexibility index (Phi) is 5.60. The van der Waals surface area contributed by atoms with Crippen LogP contribution in [0.3, 0.4) is 0 Å². The van der Waals surface area contributed by atoms with Gasteiger partial charge in [0.25, 0.3) is 10.2 Å². The molecule has 0 aromatic carbocycles. The molecule has 0 radical (unpaired) electrons. The van der Waals surface area contributed by atoms with Crippen molar-refractivity contribution in [2.45, 2.75) is 32.1 Å². The normalized spacial score (nSPS) is 19.2. The molecule has 0 spiro atoms. The van der Waals surface area contributed by atoms with Crippen LogP contribution in [-0.4, -0.2) is 37.3 Å². The van der Waals surface area contributed by atoms with E-state index in [2.05, 4.69) is 4.72 Å². The fourth-order valence-corrected chi connectivity index (χ4v) is 3.06. The fraction of sp³-hybridized carbons (Fsp3) is 0.889. The second kappa shape index (κ2) is 6.48. The summed E-state index contributed by atoms with van der Waals surface area (Å²) in [5.74, 6) is 0. The van der Waals surface area contributed by atoms with E-state index in [1.807, 2.05) is 0 Å². The maximum atomic E-state index is 11.9. The highest BCUT2D eigenvalue weighted by Gasteiger charge is 2.21. The first kappa shape index (κ1) is 13.8. The Morgan fingerprint density at radius 3 is 2.31 bits per heavy atom. The molecule has 7 heteroatoms. The molecule has 0 unspecified atom stereocenters. The molecule has 16 heavy (non-hydrogen) atoms. The zero-order valence-corrected chi connectivity index (χ0v) is 10.9. The Balaban J connectivity index is 2.44. The summed E-state index contributed by atoms with van der Waals surface area (Å²) >= 11 is 4.69. The van der Waals surface area contributed by atoms with Gasteiger partial charge in [0.2, 0.25) is 0 Å². The lowest BCUT2D eigenvalue weighted by molar-refractivity contribution is 0.415. The molecular formula is C9H19N3O2S2. The summed E-state index contributed by atoms with van der Waals surface area (Å²) in [7, 11) is -3.33. The molecule has 0 amide bonds. The average Bonchev–Trinajstić information content (AvgIpc) is 2.44. The van der Waals surface area contributed by atoms with Crippen LogP contribution in [0.25, 0.3) is 0 Å². The zero-order chi connectivity index (χ0) is 12.0. The molecule has 0 aromatic rings. The molecule has 0 saturated carbocycles. The van der Waals surface area contributed by atoms with Crippen LogP contribution in [0, 0.1) is 0 Å². The third kappa shape index (κ3) is 4.73. The summed E-state index contributed by atoms with van der Waals surface area (Å²) < 4.78 is 27.7. The molecule has 3 N–H and O–H groups in total. The minimum Gasteiger partial charge on any atom is -0.393 e. The topological polar surface area (TPSA) is 75.4 Å². The molecule has 1 fully saturated rings. The van der Waals surface area contributed by atoms with Crippen molar-refractivity contribution in [2.75, 3.05) is 19.6 Å². The van der Waals surface area contributed by atoms with Crippen molar-refractivity contribution < 1.29 is 8.42 Å². The van der Waals surface area contributed by atoms with Gasteiger partial charge in [-0.2, -0.15) is 12.7 Å². The zero-order valence-electron chi connectivity index (χ0n) is 9.31. The molecule has 0 aliphatic carbocycles. The molecule has 0 aromatic heterocycles. The van der Waals surface area contributed by atoms with Crippen LogP contribution < -0.4 is 10.5 Å². The Morgan fingerprint density at radius 1 is 1.25 bits per heavy atom. The van der Waals surface area contributed by atoms with Crippen LogP contribution in [0.5, 0.6) is 0 Å². The van der Waals surface area contributed by atoms with Gasteiger partial charge in [0, 0.05) is 26.1 Å². The molecule has 1 aliphatic rings. The highest BCUT2D eigenvalue weighted by Crippen LogP contribution is 2.12. The van der Waals surface area contributed by atoms with E-state index in [0.717, 1.165) is 25.7 Å². The second-order valence-corrected chi connectivity index (χ2v) is 6.21. The molecule has 5 nitrogen and oxygen atoms in total. The van der Waals surface area contributed by atoms with Crippen LogP contribution in [-0.2, 0) is 10.2 Å². The maximum Gasteiger partial charge on any atom is 0.279 e. The van der Waals surface area contributed by atoms with Gasteiger partial charge in [-0.25, -0.2) is 4.72 Å². The van der Waals surface area contributed by atoms with Crippen LogP contribution in [0.4, 0.5) is 0 Å². The first-order valence-electron chi connectivity index (χ1n) is 5.55. The predicted molar refractivity (Wildman–Crippen MR) is 68.4 cm³/mol. The van der Waals surface area contributed by atoms with E-state index in [9.17, 15) is 8.42 Å². The monoisotopic (exact) mass is 265 g/mol. The Morgan fingerprint density at radius 2 is 1.81 bits per heavy atom. The van der Waals surface area contributed by atoms with Gasteiger partial charge in [-0.3, -0.25) is 0 Å². The van der Waals surface area contributed by atoms with E-state index >= 15 is 0 Å². The number of nitrogens with two attached hydrogens (primary N) is 1. The first-order valence-corrected chi connectivity index (χ1v) is 7.40. The molecule has 1 aliphatic heterocycles. The van der Waals surface area contributed by atoms with Crippen molar-refractivity contribution in [3.05, 3.63) is 0 Å². The lowest BCUT2D eigenvalue weighted by Gasteiger charge is -2.20. The van der Waals surface area contributed by atoms with E-state index < -0.39 is 10.2 Å². The molecule has 1 saturated heterocycles. The molecule has 0 atom stereocenters. The van der Waals surface area contributed by atoms with E-state index in [4.69, 9.17) is 18.0 Å². The van der Waals surface area contributed by atoms with Crippen LogP contribution in [0.2, 0.25) is 0 Å². The molecule has 1 heterocycles. The first-order chi connectivity index (χ1) is 7.52. The second-order valence-electron chi connectivity index (χ2n) is 3.93. The number of hydrogen-bond acceptors (Lipinski definition) is 3. The van der Waals surface area contributed by atoms with Gasteiger partial charge in [-0.15, -0.1) is 0 Å². The van der Waals surface area contributed by atoms with E-state index in [1.165, 1.54) is 4.31 Å². The third-order valence-corrected chi connectivity index (χ3v) is 4.38. The van der Waals surface area contributed by atoms with Gasteiger partial charge in [0.05, 0.1) is 4.99 Å². The van der Waals surface area contributed by atoms with Crippen molar-refractivity contribution in [3.8, 4) is 0 Å². The van der Waals surface area contributed by atoms with Gasteiger partial charge in [-0.1, -0.05) is 25.1 Å². The standard InChI is InChI=1S/C9H19N3O2S2/c10-9(15)5-6-11-16(13,14)12-7-3-1-2-4-8-12/h11H,1-8H2,(H2,10,15). The lowest BCUT2D eigenvalue weighted by Crippen LogP contribution is -2.42. The summed E-state index contributed by atoms with van der Waals surface area (Å²) in [6.07, 6.45) is 4.51. The average molecular weight is 265 g/mol. The molecular weight excluding hydrogens is 246 g/mol. The number of nitrogens with one attached hydrogen (secondary N) is 1. The van der Waals surface area contributed by atoms with E-state index in [0.29, 0.717) is 24.5 Å². The minimum atomic E-state index is -3.33. The summed E-state index contributed by atoms with van der Waals surface area (Å²) in [5.41, 5.74) is 5.31. The van der Waals surface area contributed by atoms with Gasteiger partial charge in [0.15, 0.2) is 0 Å². The summed E-state index contributed by atoms with van der Waals surface area (Å²) in [4.78, 5) is 0.332. The van der Waals surface area contributed by atoms with Crippen LogP contribution >= 0.6 is 12.2 Å². The highest BCUT2D eigenvalue weighted by atomic mass is 32.2. The van der Waals surface area contributed by atoms with Gasteiger partial charge in [-0.05, 0) is 12.8 Å². The Hall–Kier alpha value is -0.240. The van der Waals surface area contributed by atoms with E-state index in [-0.39, 0.29) is 6.54 Å². The quantitative estimate of drug-likeness (QED) is 0.704. The van der Waals surface area contributed by atoms with Crippen molar-refractivity contribution in [1.29, 1.82) is 0 Å². The minimum absolute atomic E-state index is 0.286. The highest BCUT2D eigenvalue weighted by molar-refractivity contribution is 7.87. The lowest BCUT2D eigenvalue weighted by atomic mass is 10.2. The number of rotatable bonds is 5. The number of nitrogens with zero attached hydrogens (tertiary/aromatic N) is 1. The summed E-state index contributed by atoms with van der Waals surface area (Å²) in [6, 6.07) is 0. The van der Waals surface area contributed by atoms with Crippen molar-refractivity contribution in [1.82, 2.24) is 9.03 Å². The van der Waals surface area contributed by atoms with Crippen molar-refractivity contribution >= 4 is 27.4 Å². The SMILES string of the molecule is NC(=S)CCNS(=O)(=O)N1CCCCCC1. The number of hydrogen-bond donors (Lipinski definition) is 2. The predicted octanol–water partition coefficient (Wildman–Crippen LogP) is 0.373. The summed E-state index contributed by atoms with van der Waals surface area (Å²) in [6.45, 7) is 1.51. The summed E-state index contributed by atoms with van der Waals surface area (Å²) in [5, 5.41) is 0. The molecule has 0 bridgehead atoms. The van der Waals surface area contributed by atoms with Gasteiger partial charge >= 0.3 is 0 Å². The largest absolute Gasteiger partial charge is 0.393 e. The fourth-order valence-electron chi connectivity index (χ4n) is 1.68.